The van der Waals surface area contributed by atoms with E-state index in [1.165, 1.54) is 10.4 Å². The van der Waals surface area contributed by atoms with E-state index in [-0.39, 0.29) is 0 Å². The highest BCUT2D eigenvalue weighted by molar-refractivity contribution is 7.13. The van der Waals surface area contributed by atoms with Gasteiger partial charge < -0.3 is 9.84 Å². The van der Waals surface area contributed by atoms with Crippen LogP contribution in [0.25, 0.3) is 10.4 Å². The summed E-state index contributed by atoms with van der Waals surface area (Å²) in [6.07, 6.45) is -0.721. The molecule has 2 heterocycles. The van der Waals surface area contributed by atoms with Gasteiger partial charge in [-0.15, -0.1) is 11.3 Å². The van der Waals surface area contributed by atoms with Crippen LogP contribution >= 0.6 is 11.3 Å². The van der Waals surface area contributed by atoms with E-state index in [0.717, 1.165) is 11.1 Å². The largest absolute Gasteiger partial charge is 0.479 e. The number of benzene rings is 1. The van der Waals surface area contributed by atoms with Crippen LogP contribution in [0.4, 0.5) is 0 Å². The number of ether oxygens (including phenoxy) is 1. The lowest BCUT2D eigenvalue weighted by Crippen LogP contribution is -2.15. The number of carboxylic acid groups (broad SMARTS) is 1. The maximum Gasteiger partial charge on any atom is 0.336 e. The minimum Gasteiger partial charge on any atom is -0.479 e. The third-order valence-electron chi connectivity index (χ3n) is 3.61. The fraction of sp³-hybridized carbons (Fsp3) is 0.267. The Balaban J connectivity index is 1.89. The fourth-order valence-corrected chi connectivity index (χ4v) is 3.27. The number of aryl methyl sites for hydroxylation is 1. The molecule has 98 valence electrons. The van der Waals surface area contributed by atoms with Crippen LogP contribution in [0.15, 0.2) is 35.7 Å². The van der Waals surface area contributed by atoms with Gasteiger partial charge in [-0.2, -0.15) is 0 Å². The summed E-state index contributed by atoms with van der Waals surface area (Å²) < 4.78 is 5.31. The highest BCUT2D eigenvalue weighted by Gasteiger charge is 2.58. The van der Waals surface area contributed by atoms with E-state index in [1.54, 1.807) is 11.3 Å². The van der Waals surface area contributed by atoms with Gasteiger partial charge in [-0.1, -0.05) is 24.3 Å². The topological polar surface area (TPSA) is 49.8 Å². The lowest BCUT2D eigenvalue weighted by molar-refractivity contribution is -0.138. The minimum atomic E-state index is -0.902. The Bertz CT molecular complexity index is 629. The van der Waals surface area contributed by atoms with Crippen molar-refractivity contribution in [2.75, 3.05) is 0 Å². The number of rotatable bonds is 3. The molecule has 1 aliphatic heterocycles. The van der Waals surface area contributed by atoms with E-state index in [9.17, 15) is 4.79 Å². The Labute approximate surface area is 115 Å². The Morgan fingerprint density at radius 1 is 1.32 bits per heavy atom. The Kier molecular flexibility index (Phi) is 2.73. The molecular formula is C15H14O3S. The van der Waals surface area contributed by atoms with Crippen molar-refractivity contribution < 1.29 is 14.6 Å². The predicted octanol–water partition coefficient (Wildman–Crippen LogP) is 3.42. The summed E-state index contributed by atoms with van der Waals surface area (Å²) in [5.74, 6) is -0.902. The molecule has 0 bridgehead atoms. The Morgan fingerprint density at radius 3 is 2.47 bits per heavy atom. The zero-order valence-electron chi connectivity index (χ0n) is 10.7. The van der Waals surface area contributed by atoms with Crippen LogP contribution in [0.5, 0.6) is 0 Å². The summed E-state index contributed by atoms with van der Waals surface area (Å²) in [5, 5.41) is 11.0. The normalized spacial score (nSPS) is 25.3. The molecule has 0 amide bonds. The van der Waals surface area contributed by atoms with Crippen molar-refractivity contribution >= 4 is 17.3 Å². The van der Waals surface area contributed by atoms with Crippen LogP contribution in [0.3, 0.4) is 0 Å². The third-order valence-corrected chi connectivity index (χ3v) is 4.68. The molecule has 2 atom stereocenters. The van der Waals surface area contributed by atoms with Gasteiger partial charge in [0, 0.05) is 4.88 Å². The lowest BCUT2D eigenvalue weighted by atomic mass is 9.96. The van der Waals surface area contributed by atoms with Gasteiger partial charge in [0.15, 0.2) is 6.10 Å². The first-order chi connectivity index (χ1) is 9.02. The molecule has 0 radical (unpaired) electrons. The monoisotopic (exact) mass is 274 g/mol. The van der Waals surface area contributed by atoms with Crippen molar-refractivity contribution in [1.29, 1.82) is 0 Å². The van der Waals surface area contributed by atoms with Crippen LogP contribution in [0, 0.1) is 6.92 Å². The zero-order valence-corrected chi connectivity index (χ0v) is 11.5. The van der Waals surface area contributed by atoms with Gasteiger partial charge >= 0.3 is 5.97 Å². The van der Waals surface area contributed by atoms with Gasteiger partial charge in [0.25, 0.3) is 0 Å². The highest BCUT2D eigenvalue weighted by Crippen LogP contribution is 2.46. The summed E-state index contributed by atoms with van der Waals surface area (Å²) in [6.45, 7) is 3.91. The number of hydrogen-bond donors (Lipinski definition) is 1. The van der Waals surface area contributed by atoms with Crippen LogP contribution in [-0.2, 0) is 15.1 Å². The molecule has 2 aromatic rings. The van der Waals surface area contributed by atoms with E-state index < -0.39 is 17.7 Å². The van der Waals surface area contributed by atoms with Crippen molar-refractivity contribution in [3.8, 4) is 10.4 Å². The number of carboxylic acids is 1. The first kappa shape index (κ1) is 12.4. The first-order valence-electron chi connectivity index (χ1n) is 6.08. The molecule has 0 aliphatic carbocycles. The Hall–Kier alpha value is -1.65. The molecule has 1 N–H and O–H groups in total. The maximum absolute atomic E-state index is 10.9. The van der Waals surface area contributed by atoms with Crippen molar-refractivity contribution in [3.05, 3.63) is 46.8 Å². The summed E-state index contributed by atoms with van der Waals surface area (Å²) in [7, 11) is 0. The highest BCUT2D eigenvalue weighted by atomic mass is 32.1. The Morgan fingerprint density at radius 2 is 2.00 bits per heavy atom. The predicted molar refractivity (Wildman–Crippen MR) is 74.4 cm³/mol. The number of aliphatic carboxylic acids is 1. The number of hydrogen-bond acceptors (Lipinski definition) is 3. The van der Waals surface area contributed by atoms with Crippen molar-refractivity contribution in [2.45, 2.75) is 25.6 Å². The molecule has 1 fully saturated rings. The average molecular weight is 274 g/mol. The van der Waals surface area contributed by atoms with E-state index in [1.807, 2.05) is 31.2 Å². The zero-order chi connectivity index (χ0) is 13.6. The molecule has 19 heavy (non-hydrogen) atoms. The number of thiophene rings is 1. The van der Waals surface area contributed by atoms with Crippen molar-refractivity contribution in [1.82, 2.24) is 0 Å². The molecule has 1 aliphatic rings. The molecule has 4 heteroatoms. The summed E-state index contributed by atoms with van der Waals surface area (Å²) in [5.41, 5.74) is 2.66. The summed E-state index contributed by atoms with van der Waals surface area (Å²) in [4.78, 5) is 12.2. The quantitative estimate of drug-likeness (QED) is 0.872. The second kappa shape index (κ2) is 4.18. The van der Waals surface area contributed by atoms with E-state index >= 15 is 0 Å². The van der Waals surface area contributed by atoms with Gasteiger partial charge in [-0.25, -0.2) is 4.79 Å². The molecule has 0 saturated carbocycles. The second-order valence-electron chi connectivity index (χ2n) is 4.95. The van der Waals surface area contributed by atoms with Crippen LogP contribution < -0.4 is 0 Å². The number of epoxide rings is 1. The van der Waals surface area contributed by atoms with E-state index in [2.05, 4.69) is 18.4 Å². The van der Waals surface area contributed by atoms with Gasteiger partial charge in [0.2, 0.25) is 0 Å². The molecule has 2 unspecified atom stereocenters. The molecular weight excluding hydrogens is 260 g/mol. The van der Waals surface area contributed by atoms with Crippen molar-refractivity contribution in [2.24, 2.45) is 0 Å². The molecule has 3 nitrogen and oxygen atoms in total. The maximum atomic E-state index is 10.9. The van der Waals surface area contributed by atoms with Gasteiger partial charge in [0.1, 0.15) is 5.60 Å². The standard InChI is InChI=1S/C15H14O3S/c1-9-7-8-19-12(9)10-3-5-11(6-4-10)15(2)13(18-15)14(16)17/h3-8,13H,1-2H3,(H,16,17). The van der Waals surface area contributed by atoms with E-state index in [4.69, 9.17) is 9.84 Å². The van der Waals surface area contributed by atoms with Crippen molar-refractivity contribution in [3.63, 3.8) is 0 Å². The first-order valence-corrected chi connectivity index (χ1v) is 6.96. The average Bonchev–Trinajstić information content (AvgIpc) is 2.92. The SMILES string of the molecule is Cc1ccsc1-c1ccc(C2(C)OC2C(=O)O)cc1. The van der Waals surface area contributed by atoms with Crippen LogP contribution in [0.2, 0.25) is 0 Å². The molecule has 0 spiro atoms. The van der Waals surface area contributed by atoms with E-state index in [0.29, 0.717) is 0 Å². The molecule has 1 saturated heterocycles. The van der Waals surface area contributed by atoms with Crippen LogP contribution in [-0.4, -0.2) is 17.2 Å². The minimum absolute atomic E-state index is 0.672. The second-order valence-corrected chi connectivity index (χ2v) is 5.87. The van der Waals surface area contributed by atoms with Crippen LogP contribution in [0.1, 0.15) is 18.1 Å². The van der Waals surface area contributed by atoms with Gasteiger partial charge in [0.05, 0.1) is 0 Å². The van der Waals surface area contributed by atoms with Gasteiger partial charge in [-0.05, 0) is 42.0 Å². The molecule has 3 rings (SSSR count). The lowest BCUT2D eigenvalue weighted by Gasteiger charge is -2.07. The summed E-state index contributed by atoms with van der Waals surface area (Å²) in [6, 6.07) is 10.1. The smallest absolute Gasteiger partial charge is 0.336 e. The summed E-state index contributed by atoms with van der Waals surface area (Å²) >= 11 is 1.71. The van der Waals surface area contributed by atoms with Gasteiger partial charge in [-0.3, -0.25) is 0 Å². The third kappa shape index (κ3) is 1.97. The fourth-order valence-electron chi connectivity index (χ4n) is 2.34. The molecule has 1 aromatic carbocycles. The number of carbonyl (C=O) groups is 1. The molecule has 1 aromatic heterocycles.